The van der Waals surface area contributed by atoms with Crippen molar-refractivity contribution in [3.05, 3.63) is 70.1 Å². The summed E-state index contributed by atoms with van der Waals surface area (Å²) >= 11 is 0. The minimum absolute atomic E-state index is 0.143. The van der Waals surface area contributed by atoms with Crippen LogP contribution in [0.2, 0.25) is 0 Å². The Kier molecular flexibility index (Phi) is 4.87. The molecular weight excluding hydrogens is 338 g/mol. The van der Waals surface area contributed by atoms with Crippen molar-refractivity contribution in [3.63, 3.8) is 0 Å². The predicted octanol–water partition coefficient (Wildman–Crippen LogP) is 2.72. The summed E-state index contributed by atoms with van der Waals surface area (Å²) in [6.45, 7) is 3.63. The Morgan fingerprint density at radius 1 is 1.11 bits per heavy atom. The number of piperidine rings is 2. The summed E-state index contributed by atoms with van der Waals surface area (Å²) in [4.78, 5) is 31.6. The summed E-state index contributed by atoms with van der Waals surface area (Å²) in [5.74, 6) is 0.402. The van der Waals surface area contributed by atoms with Gasteiger partial charge in [0.05, 0.1) is 0 Å². The highest BCUT2D eigenvalue weighted by molar-refractivity contribution is 5.93. The Labute approximate surface area is 160 Å². The van der Waals surface area contributed by atoms with Crippen LogP contribution in [0.3, 0.4) is 0 Å². The van der Waals surface area contributed by atoms with Crippen LogP contribution in [0.1, 0.15) is 41.1 Å². The van der Waals surface area contributed by atoms with Crippen LogP contribution in [0.4, 0.5) is 0 Å². The van der Waals surface area contributed by atoms with Gasteiger partial charge < -0.3 is 14.8 Å². The van der Waals surface area contributed by atoms with Gasteiger partial charge in [0.2, 0.25) is 0 Å². The molecule has 1 unspecified atom stereocenters. The topological polar surface area (TPSA) is 56.4 Å². The van der Waals surface area contributed by atoms with Crippen molar-refractivity contribution in [2.24, 2.45) is 5.41 Å². The molecule has 1 amide bonds. The molecule has 5 heteroatoms. The molecule has 0 saturated carbocycles. The van der Waals surface area contributed by atoms with Crippen LogP contribution in [0, 0.1) is 5.41 Å². The average molecular weight is 365 g/mol. The number of likely N-dealkylation sites (N-methyl/N-ethyl adjacent to an activating group) is 1. The normalized spacial score (nSPS) is 22.7. The van der Waals surface area contributed by atoms with Gasteiger partial charge in [-0.3, -0.25) is 9.59 Å². The number of amides is 1. The van der Waals surface area contributed by atoms with E-state index < -0.39 is 0 Å². The van der Waals surface area contributed by atoms with Crippen LogP contribution < -0.4 is 5.56 Å². The molecule has 1 aromatic heterocycles. The number of benzene rings is 1. The van der Waals surface area contributed by atoms with Crippen LogP contribution in [-0.4, -0.2) is 53.9 Å². The zero-order chi connectivity index (χ0) is 18.9. The van der Waals surface area contributed by atoms with Crippen LogP contribution in [0.25, 0.3) is 0 Å². The molecule has 0 bridgehead atoms. The van der Waals surface area contributed by atoms with E-state index in [4.69, 9.17) is 0 Å². The fraction of sp³-hybridized carbons (Fsp3) is 0.455. The number of rotatable bonds is 2. The first-order valence-corrected chi connectivity index (χ1v) is 9.77. The zero-order valence-corrected chi connectivity index (χ0v) is 15.9. The lowest BCUT2D eigenvalue weighted by atomic mass is 9.68. The molecule has 2 saturated heterocycles. The van der Waals surface area contributed by atoms with E-state index in [0.717, 1.165) is 39.0 Å². The van der Waals surface area contributed by atoms with Gasteiger partial charge in [-0.1, -0.05) is 30.3 Å². The summed E-state index contributed by atoms with van der Waals surface area (Å²) in [6.07, 6.45) is 4.73. The van der Waals surface area contributed by atoms with Gasteiger partial charge in [0.1, 0.15) is 5.56 Å². The number of pyridine rings is 1. The maximum absolute atomic E-state index is 12.7. The van der Waals surface area contributed by atoms with Crippen molar-refractivity contribution in [1.29, 1.82) is 0 Å². The zero-order valence-electron chi connectivity index (χ0n) is 15.9. The second kappa shape index (κ2) is 7.31. The van der Waals surface area contributed by atoms with E-state index in [9.17, 15) is 9.59 Å². The Balaban J connectivity index is 1.46. The number of carbonyl (C=O) groups is 1. The SMILES string of the molecule is CN1CC(c2ccccc2)CC2(CCN(C(=O)c3ccc[nH]c3=O)CC2)C1. The van der Waals surface area contributed by atoms with E-state index in [1.54, 1.807) is 18.3 Å². The van der Waals surface area contributed by atoms with Crippen molar-refractivity contribution < 1.29 is 4.79 Å². The molecule has 1 spiro atoms. The molecule has 2 fully saturated rings. The van der Waals surface area contributed by atoms with Crippen molar-refractivity contribution in [2.75, 3.05) is 33.2 Å². The van der Waals surface area contributed by atoms with Gasteiger partial charge >= 0.3 is 0 Å². The molecule has 0 radical (unpaired) electrons. The monoisotopic (exact) mass is 365 g/mol. The van der Waals surface area contributed by atoms with Gasteiger partial charge in [-0.2, -0.15) is 0 Å². The van der Waals surface area contributed by atoms with Gasteiger partial charge in [-0.15, -0.1) is 0 Å². The number of aromatic amines is 1. The largest absolute Gasteiger partial charge is 0.338 e. The number of carbonyl (C=O) groups excluding carboxylic acids is 1. The third kappa shape index (κ3) is 3.69. The summed E-state index contributed by atoms with van der Waals surface area (Å²) in [6, 6.07) is 14.1. The maximum Gasteiger partial charge on any atom is 0.260 e. The molecular formula is C22H27N3O2. The molecule has 5 nitrogen and oxygen atoms in total. The lowest BCUT2D eigenvalue weighted by molar-refractivity contribution is 0.0223. The smallest absolute Gasteiger partial charge is 0.260 e. The summed E-state index contributed by atoms with van der Waals surface area (Å²) in [7, 11) is 2.21. The summed E-state index contributed by atoms with van der Waals surface area (Å²) in [5.41, 5.74) is 1.62. The fourth-order valence-electron chi connectivity index (χ4n) is 4.92. The van der Waals surface area contributed by atoms with E-state index in [-0.39, 0.29) is 22.4 Å². The maximum atomic E-state index is 12.7. The molecule has 3 heterocycles. The number of nitrogens with zero attached hydrogens (tertiary/aromatic N) is 2. The second-order valence-electron chi connectivity index (χ2n) is 8.21. The molecule has 4 rings (SSSR count). The number of H-pyrrole nitrogens is 1. The first-order valence-electron chi connectivity index (χ1n) is 9.77. The minimum atomic E-state index is -0.302. The number of nitrogens with one attached hydrogen (secondary N) is 1. The van der Waals surface area contributed by atoms with E-state index in [1.165, 1.54) is 12.0 Å². The summed E-state index contributed by atoms with van der Waals surface area (Å²) < 4.78 is 0. The van der Waals surface area contributed by atoms with Crippen LogP contribution in [-0.2, 0) is 0 Å². The van der Waals surface area contributed by atoms with Crippen molar-refractivity contribution >= 4 is 5.91 Å². The van der Waals surface area contributed by atoms with Crippen LogP contribution in [0.5, 0.6) is 0 Å². The number of likely N-dealkylation sites (tertiary alicyclic amines) is 2. The molecule has 142 valence electrons. The van der Waals surface area contributed by atoms with Crippen LogP contribution >= 0.6 is 0 Å². The Bertz CT molecular complexity index is 853. The van der Waals surface area contributed by atoms with Crippen molar-refractivity contribution in [3.8, 4) is 0 Å². The highest BCUT2D eigenvalue weighted by Crippen LogP contribution is 2.44. The first-order chi connectivity index (χ1) is 13.1. The minimum Gasteiger partial charge on any atom is -0.338 e. The molecule has 2 aromatic rings. The Hall–Kier alpha value is -2.40. The highest BCUT2D eigenvalue weighted by atomic mass is 16.2. The molecule has 1 aromatic carbocycles. The van der Waals surface area contributed by atoms with Crippen LogP contribution in [0.15, 0.2) is 53.5 Å². The first kappa shape index (κ1) is 18.0. The molecule has 2 aliphatic heterocycles. The lowest BCUT2D eigenvalue weighted by Crippen LogP contribution is -2.52. The number of hydrogen-bond donors (Lipinski definition) is 1. The van der Waals surface area contributed by atoms with Gasteiger partial charge in [-0.25, -0.2) is 0 Å². The average Bonchev–Trinajstić information content (AvgIpc) is 2.68. The van der Waals surface area contributed by atoms with Crippen molar-refractivity contribution in [1.82, 2.24) is 14.8 Å². The second-order valence-corrected chi connectivity index (χ2v) is 8.21. The molecule has 1 N–H and O–H groups in total. The third-order valence-electron chi connectivity index (χ3n) is 6.25. The predicted molar refractivity (Wildman–Crippen MR) is 106 cm³/mol. The van der Waals surface area contributed by atoms with Crippen molar-refractivity contribution in [2.45, 2.75) is 25.2 Å². The van der Waals surface area contributed by atoms with Gasteiger partial charge in [-0.05, 0) is 55.3 Å². The fourth-order valence-corrected chi connectivity index (χ4v) is 4.92. The van der Waals surface area contributed by atoms with Gasteiger partial charge in [0.25, 0.3) is 11.5 Å². The number of hydrogen-bond acceptors (Lipinski definition) is 3. The van der Waals surface area contributed by atoms with E-state index in [2.05, 4.69) is 47.3 Å². The summed E-state index contributed by atoms with van der Waals surface area (Å²) in [5, 5.41) is 0. The molecule has 2 aliphatic rings. The van der Waals surface area contributed by atoms with E-state index in [1.807, 2.05) is 4.90 Å². The Morgan fingerprint density at radius 3 is 2.56 bits per heavy atom. The number of aromatic nitrogens is 1. The molecule has 27 heavy (non-hydrogen) atoms. The lowest BCUT2D eigenvalue weighted by Gasteiger charge is -2.49. The Morgan fingerprint density at radius 2 is 1.85 bits per heavy atom. The molecule has 0 aliphatic carbocycles. The quantitative estimate of drug-likeness (QED) is 0.890. The van der Waals surface area contributed by atoms with E-state index >= 15 is 0 Å². The van der Waals surface area contributed by atoms with Gasteiger partial charge in [0, 0.05) is 32.4 Å². The van der Waals surface area contributed by atoms with E-state index in [0.29, 0.717) is 5.92 Å². The third-order valence-corrected chi connectivity index (χ3v) is 6.25. The standard InChI is InChI=1S/C22H27N3O2/c1-24-15-18(17-6-3-2-4-7-17)14-22(16-24)9-12-25(13-10-22)21(27)19-8-5-11-23-20(19)26/h2-8,11,18H,9-10,12-16H2,1H3,(H,23,26). The molecule has 1 atom stereocenters. The van der Waals surface area contributed by atoms with Gasteiger partial charge in [0.15, 0.2) is 0 Å². The highest BCUT2D eigenvalue weighted by Gasteiger charge is 2.42.